The molecule has 0 radical (unpaired) electrons. The summed E-state index contributed by atoms with van der Waals surface area (Å²) in [5, 5.41) is 6.10. The maximum Gasteiger partial charge on any atom is 0.270 e. The molecule has 138 valence electrons. The first kappa shape index (κ1) is 19.9. The molecule has 2 N–H and O–H groups in total. The number of benzene rings is 1. The number of carbonyl (C=O) groups is 2. The molecule has 6 heteroatoms. The highest BCUT2D eigenvalue weighted by Crippen LogP contribution is 2.25. The van der Waals surface area contributed by atoms with Crippen LogP contribution in [0.5, 0.6) is 0 Å². The van der Waals surface area contributed by atoms with E-state index in [1.54, 1.807) is 19.2 Å². The largest absolute Gasteiger partial charge is 0.357 e. The van der Waals surface area contributed by atoms with Gasteiger partial charge in [-0.25, -0.2) is 4.98 Å². The normalized spacial score (nSPS) is 11.1. The number of pyridine rings is 1. The molecule has 2 rings (SSSR count). The summed E-state index contributed by atoms with van der Waals surface area (Å²) in [4.78, 5) is 29.6. The van der Waals surface area contributed by atoms with E-state index >= 15 is 0 Å². The van der Waals surface area contributed by atoms with Gasteiger partial charge < -0.3 is 10.6 Å². The Bertz CT molecular complexity index is 816. The van der Waals surface area contributed by atoms with E-state index < -0.39 is 5.54 Å². The second-order valence-corrected chi connectivity index (χ2v) is 6.63. The molecule has 0 bridgehead atoms. The third-order valence-electron chi connectivity index (χ3n) is 4.65. The van der Waals surface area contributed by atoms with Crippen LogP contribution in [0.3, 0.4) is 0 Å². The smallest absolute Gasteiger partial charge is 0.270 e. The number of hydrogen-bond donors (Lipinski definition) is 2. The molecule has 0 saturated carbocycles. The van der Waals surface area contributed by atoms with Crippen LogP contribution in [0.15, 0.2) is 36.4 Å². The fraction of sp³-hybridized carbons (Fsp3) is 0.350. The molecule has 0 fully saturated rings. The van der Waals surface area contributed by atoms with Gasteiger partial charge in [-0.05, 0) is 43.5 Å². The summed E-state index contributed by atoms with van der Waals surface area (Å²) < 4.78 is 0. The van der Waals surface area contributed by atoms with Crippen molar-refractivity contribution in [3.8, 4) is 11.3 Å². The lowest BCUT2D eigenvalue weighted by molar-refractivity contribution is -0.127. The maximum absolute atomic E-state index is 12.8. The van der Waals surface area contributed by atoms with Gasteiger partial charge in [-0.2, -0.15) is 0 Å². The van der Waals surface area contributed by atoms with E-state index in [9.17, 15) is 9.59 Å². The first-order chi connectivity index (χ1) is 12.4. The van der Waals surface area contributed by atoms with Crippen molar-refractivity contribution in [2.75, 3.05) is 7.05 Å². The topological polar surface area (TPSA) is 71.1 Å². The summed E-state index contributed by atoms with van der Waals surface area (Å²) in [6.45, 7) is 5.68. The number of nitrogens with zero attached hydrogens (tertiary/aromatic N) is 1. The Balaban J connectivity index is 2.38. The highest BCUT2D eigenvalue weighted by Gasteiger charge is 2.36. The second-order valence-electron chi connectivity index (χ2n) is 6.19. The molecular weight excluding hydrogens is 350 g/mol. The van der Waals surface area contributed by atoms with Crippen molar-refractivity contribution in [1.29, 1.82) is 0 Å². The van der Waals surface area contributed by atoms with E-state index in [0.717, 1.165) is 11.1 Å². The Labute approximate surface area is 159 Å². The zero-order valence-electron chi connectivity index (χ0n) is 15.5. The van der Waals surface area contributed by atoms with Crippen LogP contribution in [0.25, 0.3) is 11.3 Å². The SMILES string of the molecule is CCC(CC)(NC(=O)c1ccc(C)c(-c2cccc(Cl)c2)n1)C(=O)NC. The molecule has 0 atom stereocenters. The number of halogens is 1. The van der Waals surface area contributed by atoms with E-state index in [0.29, 0.717) is 23.6 Å². The fourth-order valence-electron chi connectivity index (χ4n) is 2.91. The molecule has 5 nitrogen and oxygen atoms in total. The average molecular weight is 374 g/mol. The van der Waals surface area contributed by atoms with Crippen LogP contribution >= 0.6 is 11.6 Å². The van der Waals surface area contributed by atoms with Crippen molar-refractivity contribution in [2.24, 2.45) is 0 Å². The summed E-state index contributed by atoms with van der Waals surface area (Å²) in [5.74, 6) is -0.585. The lowest BCUT2D eigenvalue weighted by Gasteiger charge is -2.30. The number of nitrogens with one attached hydrogen (secondary N) is 2. The zero-order chi connectivity index (χ0) is 19.3. The van der Waals surface area contributed by atoms with E-state index in [4.69, 9.17) is 11.6 Å². The van der Waals surface area contributed by atoms with E-state index in [2.05, 4.69) is 15.6 Å². The van der Waals surface area contributed by atoms with Crippen LogP contribution in [0.4, 0.5) is 0 Å². The van der Waals surface area contributed by atoms with Gasteiger partial charge in [0, 0.05) is 17.6 Å². The molecule has 0 aliphatic rings. The number of aryl methyl sites for hydroxylation is 1. The number of rotatable bonds is 6. The van der Waals surface area contributed by atoms with Gasteiger partial charge in [0.2, 0.25) is 5.91 Å². The van der Waals surface area contributed by atoms with E-state index in [1.807, 2.05) is 45.0 Å². The summed E-state index contributed by atoms with van der Waals surface area (Å²) in [6, 6.07) is 10.9. The van der Waals surface area contributed by atoms with Crippen molar-refractivity contribution in [1.82, 2.24) is 15.6 Å². The first-order valence-electron chi connectivity index (χ1n) is 8.65. The van der Waals surface area contributed by atoms with Crippen LogP contribution in [0.1, 0.15) is 42.7 Å². The Kier molecular flexibility index (Phi) is 6.37. The van der Waals surface area contributed by atoms with E-state index in [1.165, 1.54) is 0 Å². The maximum atomic E-state index is 12.8. The third-order valence-corrected chi connectivity index (χ3v) is 4.88. The van der Waals surface area contributed by atoms with Gasteiger partial charge >= 0.3 is 0 Å². The Morgan fingerprint density at radius 2 is 1.85 bits per heavy atom. The lowest BCUT2D eigenvalue weighted by atomic mass is 9.91. The van der Waals surface area contributed by atoms with E-state index in [-0.39, 0.29) is 17.5 Å². The van der Waals surface area contributed by atoms with Crippen molar-refractivity contribution in [3.63, 3.8) is 0 Å². The predicted octanol–water partition coefficient (Wildman–Crippen LogP) is 3.75. The van der Waals surface area contributed by atoms with Crippen molar-refractivity contribution in [3.05, 3.63) is 52.7 Å². The van der Waals surface area contributed by atoms with Gasteiger partial charge in [0.05, 0.1) is 5.69 Å². The summed E-state index contributed by atoms with van der Waals surface area (Å²) >= 11 is 6.07. The Morgan fingerprint density at radius 3 is 2.42 bits per heavy atom. The molecule has 2 amide bonds. The van der Waals surface area contributed by atoms with Crippen LogP contribution in [0.2, 0.25) is 5.02 Å². The van der Waals surface area contributed by atoms with Gasteiger partial charge in [-0.1, -0.05) is 43.6 Å². The average Bonchev–Trinajstić information content (AvgIpc) is 2.65. The van der Waals surface area contributed by atoms with Crippen molar-refractivity contribution < 1.29 is 9.59 Å². The summed E-state index contributed by atoms with van der Waals surface area (Å²) in [7, 11) is 1.57. The number of aromatic nitrogens is 1. The Morgan fingerprint density at radius 1 is 1.15 bits per heavy atom. The highest BCUT2D eigenvalue weighted by atomic mass is 35.5. The minimum atomic E-state index is -0.950. The molecule has 1 aromatic carbocycles. The number of carbonyl (C=O) groups excluding carboxylic acids is 2. The zero-order valence-corrected chi connectivity index (χ0v) is 16.3. The van der Waals surface area contributed by atoms with Gasteiger partial charge in [0.15, 0.2) is 0 Å². The number of likely N-dealkylation sites (N-methyl/N-ethyl adjacent to an activating group) is 1. The lowest BCUT2D eigenvalue weighted by Crippen LogP contribution is -2.57. The fourth-order valence-corrected chi connectivity index (χ4v) is 3.10. The standard InChI is InChI=1S/C20H24ClN3O2/c1-5-20(6-2,19(26)22-4)24-18(25)16-11-10-13(3)17(23-16)14-8-7-9-15(21)12-14/h7-12H,5-6H2,1-4H3,(H,22,26)(H,24,25). The monoisotopic (exact) mass is 373 g/mol. The molecule has 0 saturated heterocycles. The predicted molar refractivity (Wildman–Crippen MR) is 104 cm³/mol. The molecule has 0 aliphatic carbocycles. The number of amides is 2. The summed E-state index contributed by atoms with van der Waals surface area (Å²) in [6.07, 6.45) is 0.976. The van der Waals surface area contributed by atoms with Crippen LogP contribution in [0, 0.1) is 6.92 Å². The minimum absolute atomic E-state index is 0.210. The van der Waals surface area contributed by atoms with Crippen LogP contribution in [-0.2, 0) is 4.79 Å². The third kappa shape index (κ3) is 4.05. The Hall–Kier alpha value is -2.40. The second kappa shape index (κ2) is 8.32. The van der Waals surface area contributed by atoms with Crippen LogP contribution < -0.4 is 10.6 Å². The molecular formula is C20H24ClN3O2. The molecule has 0 unspecified atom stereocenters. The number of hydrogen-bond acceptors (Lipinski definition) is 3. The first-order valence-corrected chi connectivity index (χ1v) is 9.03. The molecule has 0 spiro atoms. The molecule has 1 aromatic heterocycles. The van der Waals surface area contributed by atoms with Crippen molar-refractivity contribution in [2.45, 2.75) is 39.2 Å². The van der Waals surface area contributed by atoms with Crippen LogP contribution in [-0.4, -0.2) is 29.4 Å². The van der Waals surface area contributed by atoms with Gasteiger partial charge in [-0.3, -0.25) is 9.59 Å². The molecule has 1 heterocycles. The molecule has 2 aromatic rings. The quantitative estimate of drug-likeness (QED) is 0.810. The molecule has 26 heavy (non-hydrogen) atoms. The van der Waals surface area contributed by atoms with Gasteiger partial charge in [-0.15, -0.1) is 0 Å². The summed E-state index contributed by atoms with van der Waals surface area (Å²) in [5.41, 5.74) is 1.79. The van der Waals surface area contributed by atoms with Crippen molar-refractivity contribution >= 4 is 23.4 Å². The minimum Gasteiger partial charge on any atom is -0.357 e. The van der Waals surface area contributed by atoms with Gasteiger partial charge in [0.1, 0.15) is 11.2 Å². The highest BCUT2D eigenvalue weighted by molar-refractivity contribution is 6.30. The molecule has 0 aliphatic heterocycles. The van der Waals surface area contributed by atoms with Gasteiger partial charge in [0.25, 0.3) is 5.91 Å².